The lowest BCUT2D eigenvalue weighted by atomic mass is 10.0. The second-order valence-electron chi connectivity index (χ2n) is 3.49. The van der Waals surface area contributed by atoms with Crippen LogP contribution in [-0.2, 0) is 0 Å². The summed E-state index contributed by atoms with van der Waals surface area (Å²) in [6, 6.07) is 13.1. The lowest BCUT2D eigenvalue weighted by Crippen LogP contribution is -1.84. The lowest BCUT2D eigenvalue weighted by Gasteiger charge is -2.05. The summed E-state index contributed by atoms with van der Waals surface area (Å²) in [6.45, 7) is 2.05. The fourth-order valence-corrected chi connectivity index (χ4v) is 2.25. The van der Waals surface area contributed by atoms with Crippen LogP contribution >= 0.6 is 22.6 Å². The molecule has 0 saturated heterocycles. The molecule has 0 amide bonds. The molecule has 0 nitrogen and oxygen atoms in total. The molecular formula is C13H10FI. The third kappa shape index (κ3) is 2.37. The molecule has 15 heavy (non-hydrogen) atoms. The molecule has 2 aromatic rings. The summed E-state index contributed by atoms with van der Waals surface area (Å²) in [6.07, 6.45) is 0. The molecule has 0 aliphatic heterocycles. The van der Waals surface area contributed by atoms with Crippen LogP contribution in [0.4, 0.5) is 4.39 Å². The highest BCUT2D eigenvalue weighted by molar-refractivity contribution is 14.1. The predicted octanol–water partition coefficient (Wildman–Crippen LogP) is 4.41. The molecule has 0 aliphatic rings. The Balaban J connectivity index is 2.49. The van der Waals surface area contributed by atoms with Gasteiger partial charge in [0.05, 0.1) is 0 Å². The van der Waals surface area contributed by atoms with Crippen molar-refractivity contribution in [3.8, 4) is 11.1 Å². The summed E-state index contributed by atoms with van der Waals surface area (Å²) in [5, 5.41) is 0. The van der Waals surface area contributed by atoms with Gasteiger partial charge < -0.3 is 0 Å². The fraction of sp³-hybridized carbons (Fsp3) is 0.0769. The van der Waals surface area contributed by atoms with E-state index < -0.39 is 0 Å². The van der Waals surface area contributed by atoms with Crippen LogP contribution in [0.2, 0.25) is 0 Å². The van der Waals surface area contributed by atoms with Gasteiger partial charge in [-0.1, -0.05) is 35.9 Å². The molecule has 0 unspecified atom stereocenters. The van der Waals surface area contributed by atoms with E-state index in [1.54, 1.807) is 6.07 Å². The van der Waals surface area contributed by atoms with E-state index >= 15 is 0 Å². The Kier molecular flexibility index (Phi) is 3.05. The number of rotatable bonds is 1. The van der Waals surface area contributed by atoms with E-state index in [9.17, 15) is 4.39 Å². The molecule has 0 radical (unpaired) electrons. The quantitative estimate of drug-likeness (QED) is 0.685. The first kappa shape index (κ1) is 10.6. The van der Waals surface area contributed by atoms with Crippen LogP contribution in [0.1, 0.15) is 5.56 Å². The Bertz CT molecular complexity index is 474. The van der Waals surface area contributed by atoms with Crippen molar-refractivity contribution in [1.82, 2.24) is 0 Å². The summed E-state index contributed by atoms with van der Waals surface area (Å²) in [5.74, 6) is -0.185. The van der Waals surface area contributed by atoms with Crippen LogP contribution in [0.15, 0.2) is 42.5 Å². The molecule has 2 aromatic carbocycles. The van der Waals surface area contributed by atoms with Gasteiger partial charge in [0.2, 0.25) is 0 Å². The number of aryl methyl sites for hydroxylation is 1. The first-order valence-electron chi connectivity index (χ1n) is 4.69. The number of halogens is 2. The van der Waals surface area contributed by atoms with Gasteiger partial charge in [-0.05, 0) is 52.8 Å². The summed E-state index contributed by atoms with van der Waals surface area (Å²) in [4.78, 5) is 0. The van der Waals surface area contributed by atoms with Gasteiger partial charge in [0.15, 0.2) is 0 Å². The molecule has 0 saturated carbocycles. The smallest absolute Gasteiger partial charge is 0.124 e. The summed E-state index contributed by atoms with van der Waals surface area (Å²) >= 11 is 2.16. The van der Waals surface area contributed by atoms with Crippen LogP contribution < -0.4 is 0 Å². The van der Waals surface area contributed by atoms with Crippen molar-refractivity contribution in [3.05, 3.63) is 57.4 Å². The standard InChI is InChI=1S/C13H10FI/c1-9-2-4-10(5-3-9)12-7-6-11(14)8-13(12)15/h2-8H,1H3. The van der Waals surface area contributed by atoms with Crippen LogP contribution in [0.5, 0.6) is 0 Å². The van der Waals surface area contributed by atoms with Gasteiger partial charge in [-0.3, -0.25) is 0 Å². The molecular weight excluding hydrogens is 302 g/mol. The normalized spacial score (nSPS) is 10.3. The Hall–Kier alpha value is -0.900. The minimum Gasteiger partial charge on any atom is -0.207 e. The van der Waals surface area contributed by atoms with Crippen LogP contribution in [0.3, 0.4) is 0 Å². The zero-order valence-corrected chi connectivity index (χ0v) is 10.5. The van der Waals surface area contributed by atoms with Crippen LogP contribution in [-0.4, -0.2) is 0 Å². The van der Waals surface area contributed by atoms with E-state index in [-0.39, 0.29) is 5.82 Å². The van der Waals surface area contributed by atoms with Gasteiger partial charge in [-0.2, -0.15) is 0 Å². The van der Waals surface area contributed by atoms with E-state index in [0.717, 1.165) is 14.7 Å². The largest absolute Gasteiger partial charge is 0.207 e. The topological polar surface area (TPSA) is 0 Å². The molecule has 0 spiro atoms. The highest BCUT2D eigenvalue weighted by atomic mass is 127. The van der Waals surface area contributed by atoms with Crippen molar-refractivity contribution in [2.45, 2.75) is 6.92 Å². The number of hydrogen-bond donors (Lipinski definition) is 0. The monoisotopic (exact) mass is 312 g/mol. The molecule has 0 fully saturated rings. The molecule has 0 bridgehead atoms. The van der Waals surface area contributed by atoms with Gasteiger partial charge >= 0.3 is 0 Å². The van der Waals surface area contributed by atoms with Gasteiger partial charge in [-0.25, -0.2) is 4.39 Å². The van der Waals surface area contributed by atoms with E-state index in [1.165, 1.54) is 11.6 Å². The van der Waals surface area contributed by atoms with Crippen molar-refractivity contribution < 1.29 is 4.39 Å². The minimum atomic E-state index is -0.185. The van der Waals surface area contributed by atoms with E-state index in [4.69, 9.17) is 0 Å². The zero-order chi connectivity index (χ0) is 10.8. The predicted molar refractivity (Wildman–Crippen MR) is 69.3 cm³/mol. The molecule has 76 valence electrons. The van der Waals surface area contributed by atoms with Crippen molar-refractivity contribution in [3.63, 3.8) is 0 Å². The Labute approximate surface area is 102 Å². The molecule has 0 aliphatic carbocycles. The maximum atomic E-state index is 12.9. The highest BCUT2D eigenvalue weighted by Gasteiger charge is 2.03. The summed E-state index contributed by atoms with van der Waals surface area (Å²) in [5.41, 5.74) is 3.44. The summed E-state index contributed by atoms with van der Waals surface area (Å²) < 4.78 is 13.9. The highest BCUT2D eigenvalue weighted by Crippen LogP contribution is 2.25. The van der Waals surface area contributed by atoms with E-state index in [0.29, 0.717) is 0 Å². The first-order chi connectivity index (χ1) is 7.16. The van der Waals surface area contributed by atoms with Crippen molar-refractivity contribution >= 4 is 22.6 Å². The third-order valence-corrected chi connectivity index (χ3v) is 3.19. The van der Waals surface area contributed by atoms with Gasteiger partial charge in [0.25, 0.3) is 0 Å². The fourth-order valence-electron chi connectivity index (χ4n) is 1.46. The van der Waals surface area contributed by atoms with Gasteiger partial charge in [0, 0.05) is 3.57 Å². The van der Waals surface area contributed by atoms with Gasteiger partial charge in [-0.15, -0.1) is 0 Å². The van der Waals surface area contributed by atoms with Crippen LogP contribution in [0, 0.1) is 16.3 Å². The van der Waals surface area contributed by atoms with E-state index in [2.05, 4.69) is 53.8 Å². The molecule has 0 heterocycles. The number of hydrogen-bond acceptors (Lipinski definition) is 0. The average molecular weight is 312 g/mol. The lowest BCUT2D eigenvalue weighted by molar-refractivity contribution is 0.627. The Morgan fingerprint density at radius 2 is 1.67 bits per heavy atom. The van der Waals surface area contributed by atoms with Crippen LogP contribution in [0.25, 0.3) is 11.1 Å². The molecule has 2 heteroatoms. The Morgan fingerprint density at radius 1 is 1.00 bits per heavy atom. The summed E-state index contributed by atoms with van der Waals surface area (Å²) in [7, 11) is 0. The number of benzene rings is 2. The van der Waals surface area contributed by atoms with E-state index in [1.807, 2.05) is 6.07 Å². The Morgan fingerprint density at radius 3 is 2.27 bits per heavy atom. The van der Waals surface area contributed by atoms with Gasteiger partial charge in [0.1, 0.15) is 5.82 Å². The second-order valence-corrected chi connectivity index (χ2v) is 4.65. The average Bonchev–Trinajstić information content (AvgIpc) is 2.20. The molecule has 0 N–H and O–H groups in total. The van der Waals surface area contributed by atoms with Crippen molar-refractivity contribution in [1.29, 1.82) is 0 Å². The molecule has 0 aromatic heterocycles. The van der Waals surface area contributed by atoms with Crippen molar-refractivity contribution in [2.75, 3.05) is 0 Å². The zero-order valence-electron chi connectivity index (χ0n) is 8.30. The SMILES string of the molecule is Cc1ccc(-c2ccc(F)cc2I)cc1. The molecule has 2 rings (SSSR count). The van der Waals surface area contributed by atoms with Crippen molar-refractivity contribution in [2.24, 2.45) is 0 Å². The third-order valence-electron chi connectivity index (χ3n) is 2.29. The first-order valence-corrected chi connectivity index (χ1v) is 5.77. The maximum Gasteiger partial charge on any atom is 0.124 e. The maximum absolute atomic E-state index is 12.9. The molecule has 0 atom stereocenters. The second kappa shape index (κ2) is 4.31. The minimum absolute atomic E-state index is 0.185.